The molecule has 0 saturated heterocycles. The summed E-state index contributed by atoms with van der Waals surface area (Å²) >= 11 is 4.39. The molecule has 94 valence electrons. The molecule has 1 nitrogen and oxygen atoms in total. The molecular weight excluding hydrogens is 238 g/mol. The van der Waals surface area contributed by atoms with E-state index in [1.54, 1.807) is 0 Å². The average Bonchev–Trinajstić information content (AvgIpc) is 2.34. The Bertz CT molecular complexity index is 497. The highest BCUT2D eigenvalue weighted by Crippen LogP contribution is 2.23. The zero-order valence-electron chi connectivity index (χ0n) is 10.9. The first-order valence-electron chi connectivity index (χ1n) is 6.25. The molecule has 0 heterocycles. The molecule has 0 amide bonds. The molecule has 2 aromatic rings. The van der Waals surface area contributed by atoms with E-state index in [4.69, 9.17) is 0 Å². The molecule has 0 unspecified atom stereocenters. The Labute approximate surface area is 115 Å². The van der Waals surface area contributed by atoms with Crippen molar-refractivity contribution >= 4 is 18.3 Å². The van der Waals surface area contributed by atoms with Crippen LogP contribution in [0, 0.1) is 13.8 Å². The van der Waals surface area contributed by atoms with Crippen molar-refractivity contribution in [3.8, 4) is 0 Å². The normalized spacial score (nSPS) is 10.4. The van der Waals surface area contributed by atoms with Gasteiger partial charge in [0.25, 0.3) is 0 Å². The number of thiol groups is 1. The zero-order chi connectivity index (χ0) is 13.0. The summed E-state index contributed by atoms with van der Waals surface area (Å²) in [4.78, 5) is 1.03. The van der Waals surface area contributed by atoms with Crippen LogP contribution in [0.15, 0.2) is 47.4 Å². The standard InChI is InChI=1S/C16H19NS/c1-12-10-15(18)11-13(2)16(12)17-9-8-14-6-4-3-5-7-14/h3-7,10-11,17-18H,8-9H2,1-2H3. The first kappa shape index (κ1) is 13.0. The SMILES string of the molecule is Cc1cc(S)cc(C)c1NCCc1ccccc1. The number of aryl methyl sites for hydroxylation is 2. The summed E-state index contributed by atoms with van der Waals surface area (Å²) in [6.07, 6.45) is 1.04. The molecule has 1 N–H and O–H groups in total. The van der Waals surface area contributed by atoms with Gasteiger partial charge in [-0.15, -0.1) is 12.6 Å². The van der Waals surface area contributed by atoms with E-state index in [2.05, 4.69) is 74.3 Å². The lowest BCUT2D eigenvalue weighted by atomic mass is 10.1. The maximum atomic E-state index is 4.39. The van der Waals surface area contributed by atoms with Crippen LogP contribution in [0.2, 0.25) is 0 Å². The van der Waals surface area contributed by atoms with Crippen molar-refractivity contribution in [3.63, 3.8) is 0 Å². The topological polar surface area (TPSA) is 12.0 Å². The van der Waals surface area contributed by atoms with Crippen LogP contribution in [0.25, 0.3) is 0 Å². The predicted molar refractivity (Wildman–Crippen MR) is 81.8 cm³/mol. The molecule has 2 rings (SSSR count). The Hall–Kier alpha value is -1.41. The van der Waals surface area contributed by atoms with Crippen molar-refractivity contribution in [1.29, 1.82) is 0 Å². The second-order valence-electron chi connectivity index (χ2n) is 4.62. The first-order chi connectivity index (χ1) is 8.66. The van der Waals surface area contributed by atoms with Crippen molar-refractivity contribution in [1.82, 2.24) is 0 Å². The van der Waals surface area contributed by atoms with Crippen LogP contribution in [-0.2, 0) is 6.42 Å². The second kappa shape index (κ2) is 5.96. The van der Waals surface area contributed by atoms with Crippen molar-refractivity contribution < 1.29 is 0 Å². The monoisotopic (exact) mass is 257 g/mol. The number of anilines is 1. The fraction of sp³-hybridized carbons (Fsp3) is 0.250. The Morgan fingerprint density at radius 1 is 1.00 bits per heavy atom. The maximum Gasteiger partial charge on any atom is 0.0400 e. The largest absolute Gasteiger partial charge is 0.384 e. The highest BCUT2D eigenvalue weighted by Gasteiger charge is 2.03. The molecule has 0 spiro atoms. The van der Waals surface area contributed by atoms with Gasteiger partial charge in [-0.2, -0.15) is 0 Å². The number of hydrogen-bond donors (Lipinski definition) is 2. The minimum Gasteiger partial charge on any atom is -0.384 e. The quantitative estimate of drug-likeness (QED) is 0.780. The van der Waals surface area contributed by atoms with E-state index in [0.717, 1.165) is 17.9 Å². The van der Waals surface area contributed by atoms with Gasteiger partial charge < -0.3 is 5.32 Å². The summed E-state index contributed by atoms with van der Waals surface area (Å²) in [6, 6.07) is 14.7. The van der Waals surface area contributed by atoms with Gasteiger partial charge in [0, 0.05) is 17.1 Å². The van der Waals surface area contributed by atoms with Crippen LogP contribution in [0.4, 0.5) is 5.69 Å². The summed E-state index contributed by atoms with van der Waals surface area (Å²) in [6.45, 7) is 5.20. The van der Waals surface area contributed by atoms with E-state index >= 15 is 0 Å². The van der Waals surface area contributed by atoms with Gasteiger partial charge in [0.15, 0.2) is 0 Å². The van der Waals surface area contributed by atoms with Gasteiger partial charge in [0.1, 0.15) is 0 Å². The van der Waals surface area contributed by atoms with Gasteiger partial charge in [-0.25, -0.2) is 0 Å². The molecule has 0 fully saturated rings. The van der Waals surface area contributed by atoms with Gasteiger partial charge in [-0.05, 0) is 49.1 Å². The van der Waals surface area contributed by atoms with Crippen molar-refractivity contribution in [3.05, 3.63) is 59.2 Å². The molecule has 0 aliphatic carbocycles. The van der Waals surface area contributed by atoms with Gasteiger partial charge >= 0.3 is 0 Å². The van der Waals surface area contributed by atoms with Gasteiger partial charge in [0.2, 0.25) is 0 Å². The van der Waals surface area contributed by atoms with Crippen LogP contribution < -0.4 is 5.32 Å². The third kappa shape index (κ3) is 3.30. The van der Waals surface area contributed by atoms with E-state index in [9.17, 15) is 0 Å². The number of hydrogen-bond acceptors (Lipinski definition) is 2. The molecule has 0 aliphatic rings. The minimum absolute atomic E-state index is 0.956. The molecule has 0 saturated carbocycles. The van der Waals surface area contributed by atoms with Gasteiger partial charge in [-0.3, -0.25) is 0 Å². The van der Waals surface area contributed by atoms with E-state index in [0.29, 0.717) is 0 Å². The molecule has 0 aliphatic heterocycles. The Morgan fingerprint density at radius 2 is 1.61 bits per heavy atom. The molecule has 0 bridgehead atoms. The van der Waals surface area contributed by atoms with Crippen LogP contribution in [0.3, 0.4) is 0 Å². The maximum absolute atomic E-state index is 4.39. The summed E-state index contributed by atoms with van der Waals surface area (Å²) < 4.78 is 0. The summed E-state index contributed by atoms with van der Waals surface area (Å²) in [5.74, 6) is 0. The number of nitrogens with one attached hydrogen (secondary N) is 1. The molecular formula is C16H19NS. The number of benzene rings is 2. The Morgan fingerprint density at radius 3 is 2.22 bits per heavy atom. The third-order valence-electron chi connectivity index (χ3n) is 3.08. The smallest absolute Gasteiger partial charge is 0.0400 e. The fourth-order valence-corrected chi connectivity index (χ4v) is 2.58. The molecule has 0 atom stereocenters. The lowest BCUT2D eigenvalue weighted by Crippen LogP contribution is -2.07. The van der Waals surface area contributed by atoms with Crippen LogP contribution in [-0.4, -0.2) is 6.54 Å². The van der Waals surface area contributed by atoms with Crippen LogP contribution in [0.5, 0.6) is 0 Å². The highest BCUT2D eigenvalue weighted by atomic mass is 32.1. The number of rotatable bonds is 4. The predicted octanol–water partition coefficient (Wildman–Crippen LogP) is 4.25. The molecule has 18 heavy (non-hydrogen) atoms. The van der Waals surface area contributed by atoms with Gasteiger partial charge in [-0.1, -0.05) is 30.3 Å². The average molecular weight is 257 g/mol. The second-order valence-corrected chi connectivity index (χ2v) is 5.13. The van der Waals surface area contributed by atoms with Gasteiger partial charge in [0.05, 0.1) is 0 Å². The molecule has 2 heteroatoms. The fourth-order valence-electron chi connectivity index (χ4n) is 2.20. The van der Waals surface area contributed by atoms with Crippen LogP contribution >= 0.6 is 12.6 Å². The van der Waals surface area contributed by atoms with Crippen molar-refractivity contribution in [2.24, 2.45) is 0 Å². The van der Waals surface area contributed by atoms with E-state index in [-0.39, 0.29) is 0 Å². The molecule has 0 radical (unpaired) electrons. The third-order valence-corrected chi connectivity index (χ3v) is 3.33. The minimum atomic E-state index is 0.956. The lowest BCUT2D eigenvalue weighted by molar-refractivity contribution is 1.01. The van der Waals surface area contributed by atoms with E-state index in [1.165, 1.54) is 22.4 Å². The first-order valence-corrected chi connectivity index (χ1v) is 6.69. The molecule has 0 aromatic heterocycles. The van der Waals surface area contributed by atoms with Crippen molar-refractivity contribution in [2.45, 2.75) is 25.2 Å². The Balaban J connectivity index is 1.99. The zero-order valence-corrected chi connectivity index (χ0v) is 11.8. The van der Waals surface area contributed by atoms with Crippen LogP contribution in [0.1, 0.15) is 16.7 Å². The van der Waals surface area contributed by atoms with E-state index in [1.807, 2.05) is 0 Å². The summed E-state index contributed by atoms with van der Waals surface area (Å²) in [5, 5.41) is 3.52. The Kier molecular flexibility index (Phi) is 4.32. The van der Waals surface area contributed by atoms with Crippen molar-refractivity contribution in [2.75, 3.05) is 11.9 Å². The lowest BCUT2D eigenvalue weighted by Gasteiger charge is -2.13. The summed E-state index contributed by atoms with van der Waals surface area (Å²) in [7, 11) is 0. The summed E-state index contributed by atoms with van der Waals surface area (Å²) in [5.41, 5.74) is 5.12. The highest BCUT2D eigenvalue weighted by molar-refractivity contribution is 7.80. The molecule has 2 aromatic carbocycles. The van der Waals surface area contributed by atoms with E-state index < -0.39 is 0 Å².